The number of allylic oxidation sites excluding steroid dienone is 4. The van der Waals surface area contributed by atoms with Gasteiger partial charge in [-0.25, -0.2) is 4.39 Å². The van der Waals surface area contributed by atoms with Gasteiger partial charge in [-0.05, 0) is 23.3 Å². The van der Waals surface area contributed by atoms with E-state index in [9.17, 15) is 9.50 Å². The van der Waals surface area contributed by atoms with Gasteiger partial charge >= 0.3 is 0 Å². The van der Waals surface area contributed by atoms with Crippen LogP contribution in [-0.4, -0.2) is 11.3 Å². The number of rotatable bonds is 2. The predicted octanol–water partition coefficient (Wildman–Crippen LogP) is 2.53. The van der Waals surface area contributed by atoms with Crippen LogP contribution >= 0.6 is 0 Å². The lowest BCUT2D eigenvalue weighted by atomic mass is 9.97. The van der Waals surface area contributed by atoms with Gasteiger partial charge < -0.3 is 10.8 Å². The van der Waals surface area contributed by atoms with Crippen LogP contribution in [0.15, 0.2) is 36.4 Å². The minimum absolute atomic E-state index is 0.191. The summed E-state index contributed by atoms with van der Waals surface area (Å²) >= 11 is 0. The Labute approximate surface area is 93.9 Å². The summed E-state index contributed by atoms with van der Waals surface area (Å²) in [5.41, 5.74) is 7.93. The predicted molar refractivity (Wildman–Crippen MR) is 62.6 cm³/mol. The van der Waals surface area contributed by atoms with Crippen molar-refractivity contribution in [1.82, 2.24) is 0 Å². The fourth-order valence-electron chi connectivity index (χ4n) is 1.74. The topological polar surface area (TPSA) is 46.2 Å². The highest BCUT2D eigenvalue weighted by molar-refractivity contribution is 5.78. The molecule has 1 aliphatic rings. The average molecular weight is 219 g/mol. The molecule has 3 heteroatoms. The van der Waals surface area contributed by atoms with Crippen LogP contribution in [0.3, 0.4) is 0 Å². The van der Waals surface area contributed by atoms with Crippen molar-refractivity contribution >= 4 is 5.57 Å². The zero-order chi connectivity index (χ0) is 11.5. The molecule has 84 valence electrons. The minimum atomic E-state index is -0.908. The maximum Gasteiger partial charge on any atom is 0.123 e. The van der Waals surface area contributed by atoms with E-state index in [0.717, 1.165) is 16.7 Å². The summed E-state index contributed by atoms with van der Waals surface area (Å²) in [6.07, 6.45) is 4.46. The highest BCUT2D eigenvalue weighted by atomic mass is 19.1. The molecule has 0 aliphatic heterocycles. The molecular weight excluding hydrogens is 205 g/mol. The van der Waals surface area contributed by atoms with E-state index in [-0.39, 0.29) is 5.75 Å². The highest BCUT2D eigenvalue weighted by Gasteiger charge is 2.11. The van der Waals surface area contributed by atoms with Crippen LogP contribution in [0.5, 0.6) is 5.75 Å². The summed E-state index contributed by atoms with van der Waals surface area (Å²) in [5, 5.41) is 9.82. The number of hydrogen-bond donors (Lipinski definition) is 2. The molecule has 0 fully saturated rings. The van der Waals surface area contributed by atoms with Gasteiger partial charge in [-0.1, -0.05) is 24.3 Å². The van der Waals surface area contributed by atoms with Crippen molar-refractivity contribution in [1.29, 1.82) is 0 Å². The molecule has 1 unspecified atom stereocenters. The largest absolute Gasteiger partial charge is 0.507 e. The first-order chi connectivity index (χ1) is 7.70. The van der Waals surface area contributed by atoms with E-state index >= 15 is 0 Å². The Kier molecular flexibility index (Phi) is 3.06. The molecule has 3 N–H and O–H groups in total. The molecule has 0 bridgehead atoms. The van der Waals surface area contributed by atoms with Gasteiger partial charge in [0.1, 0.15) is 11.9 Å². The quantitative estimate of drug-likeness (QED) is 0.802. The van der Waals surface area contributed by atoms with Crippen molar-refractivity contribution in [2.45, 2.75) is 19.1 Å². The fourth-order valence-corrected chi connectivity index (χ4v) is 1.74. The Balaban J connectivity index is 2.31. The first-order valence-corrected chi connectivity index (χ1v) is 5.25. The van der Waals surface area contributed by atoms with Gasteiger partial charge in [0.05, 0.1) is 0 Å². The number of aromatic hydroxyl groups is 1. The molecular formula is C13H14FNO. The molecule has 0 radical (unpaired) electrons. The molecule has 0 saturated carbocycles. The van der Waals surface area contributed by atoms with Crippen molar-refractivity contribution in [3.8, 4) is 5.75 Å². The highest BCUT2D eigenvalue weighted by Crippen LogP contribution is 2.30. The fraction of sp³-hybridized carbons (Fsp3) is 0.231. The van der Waals surface area contributed by atoms with Crippen molar-refractivity contribution in [3.63, 3.8) is 0 Å². The zero-order valence-electron chi connectivity index (χ0n) is 8.86. The summed E-state index contributed by atoms with van der Waals surface area (Å²) < 4.78 is 12.9. The third-order valence-electron chi connectivity index (χ3n) is 2.66. The lowest BCUT2D eigenvalue weighted by molar-refractivity contribution is 0.402. The van der Waals surface area contributed by atoms with E-state index in [0.29, 0.717) is 13.0 Å². The number of benzene rings is 1. The maximum atomic E-state index is 12.9. The van der Waals surface area contributed by atoms with E-state index in [1.807, 2.05) is 12.1 Å². The van der Waals surface area contributed by atoms with E-state index in [1.54, 1.807) is 18.2 Å². The van der Waals surface area contributed by atoms with Gasteiger partial charge in [0, 0.05) is 18.5 Å². The standard InChI is InChI=1S/C13H14FNO/c14-11-4-2-10(3-5-11)12-6-1-9(8-15)7-13(12)16/h1-4,6-7,11,16H,5,8,15H2. The third kappa shape index (κ3) is 2.14. The molecule has 1 aromatic rings. The van der Waals surface area contributed by atoms with Crippen molar-refractivity contribution in [3.05, 3.63) is 47.6 Å². The van der Waals surface area contributed by atoms with E-state index in [1.165, 1.54) is 6.08 Å². The molecule has 16 heavy (non-hydrogen) atoms. The van der Waals surface area contributed by atoms with E-state index in [2.05, 4.69) is 0 Å². The van der Waals surface area contributed by atoms with Crippen molar-refractivity contribution in [2.24, 2.45) is 5.73 Å². The van der Waals surface area contributed by atoms with Crippen LogP contribution in [0.4, 0.5) is 4.39 Å². The lowest BCUT2D eigenvalue weighted by Gasteiger charge is -2.12. The third-order valence-corrected chi connectivity index (χ3v) is 2.66. The molecule has 0 heterocycles. The van der Waals surface area contributed by atoms with Gasteiger partial charge in [0.2, 0.25) is 0 Å². The molecule has 1 aliphatic carbocycles. The number of hydrogen-bond acceptors (Lipinski definition) is 2. The molecule has 2 rings (SSSR count). The number of phenols is 1. The van der Waals surface area contributed by atoms with Crippen LogP contribution < -0.4 is 5.73 Å². The minimum Gasteiger partial charge on any atom is -0.507 e. The number of halogens is 1. The summed E-state index contributed by atoms with van der Waals surface area (Å²) in [5.74, 6) is 0.191. The zero-order valence-corrected chi connectivity index (χ0v) is 8.86. The Morgan fingerprint density at radius 1 is 1.44 bits per heavy atom. The second kappa shape index (κ2) is 4.49. The van der Waals surface area contributed by atoms with Crippen molar-refractivity contribution < 1.29 is 9.50 Å². The van der Waals surface area contributed by atoms with Gasteiger partial charge in [-0.2, -0.15) is 0 Å². The monoisotopic (exact) mass is 219 g/mol. The van der Waals surface area contributed by atoms with Gasteiger partial charge in [0.15, 0.2) is 0 Å². The SMILES string of the molecule is NCc1ccc(C2=CCC(F)C=C2)c(O)c1. The summed E-state index contributed by atoms with van der Waals surface area (Å²) in [6.45, 7) is 0.398. The van der Waals surface area contributed by atoms with E-state index < -0.39 is 6.17 Å². The summed E-state index contributed by atoms with van der Waals surface area (Å²) in [6, 6.07) is 5.32. The van der Waals surface area contributed by atoms with Gasteiger partial charge in [-0.15, -0.1) is 0 Å². The molecule has 2 nitrogen and oxygen atoms in total. The summed E-state index contributed by atoms with van der Waals surface area (Å²) in [7, 11) is 0. The molecule has 0 spiro atoms. The first-order valence-electron chi connectivity index (χ1n) is 5.25. The van der Waals surface area contributed by atoms with Crippen LogP contribution in [0.25, 0.3) is 5.57 Å². The molecule has 1 atom stereocenters. The molecule has 1 aromatic carbocycles. The van der Waals surface area contributed by atoms with Gasteiger partial charge in [-0.3, -0.25) is 0 Å². The molecule has 0 aromatic heterocycles. The maximum absolute atomic E-state index is 12.9. The normalized spacial score (nSPS) is 19.6. The van der Waals surface area contributed by atoms with E-state index in [4.69, 9.17) is 5.73 Å². The number of phenolic OH excluding ortho intramolecular Hbond substituents is 1. The lowest BCUT2D eigenvalue weighted by Crippen LogP contribution is -1.99. The van der Waals surface area contributed by atoms with Gasteiger partial charge in [0.25, 0.3) is 0 Å². The second-order valence-corrected chi connectivity index (χ2v) is 3.83. The average Bonchev–Trinajstić information content (AvgIpc) is 2.30. The van der Waals surface area contributed by atoms with Crippen LogP contribution in [0, 0.1) is 0 Å². The number of alkyl halides is 1. The first kappa shape index (κ1) is 10.9. The molecule has 0 amide bonds. The Morgan fingerprint density at radius 2 is 2.25 bits per heavy atom. The van der Waals surface area contributed by atoms with Crippen LogP contribution in [0.2, 0.25) is 0 Å². The van der Waals surface area contributed by atoms with Crippen LogP contribution in [-0.2, 0) is 6.54 Å². The second-order valence-electron chi connectivity index (χ2n) is 3.83. The molecule has 0 saturated heterocycles. The number of nitrogens with two attached hydrogens (primary N) is 1. The Morgan fingerprint density at radius 3 is 2.81 bits per heavy atom. The summed E-state index contributed by atoms with van der Waals surface area (Å²) in [4.78, 5) is 0. The Bertz CT molecular complexity index is 451. The Hall–Kier alpha value is -1.61. The smallest absolute Gasteiger partial charge is 0.123 e. The van der Waals surface area contributed by atoms with Crippen molar-refractivity contribution in [2.75, 3.05) is 0 Å². The van der Waals surface area contributed by atoms with Crippen LogP contribution in [0.1, 0.15) is 17.5 Å².